The van der Waals surface area contributed by atoms with Gasteiger partial charge in [0.1, 0.15) is 5.75 Å². The molecule has 0 bridgehead atoms. The molecule has 0 amide bonds. The molecule has 0 saturated heterocycles. The van der Waals surface area contributed by atoms with Crippen molar-refractivity contribution < 1.29 is 9.53 Å². The van der Waals surface area contributed by atoms with E-state index in [4.69, 9.17) is 10.5 Å². The van der Waals surface area contributed by atoms with E-state index in [2.05, 4.69) is 0 Å². The van der Waals surface area contributed by atoms with Gasteiger partial charge in [-0.25, -0.2) is 0 Å². The van der Waals surface area contributed by atoms with Crippen LogP contribution < -0.4 is 10.5 Å². The minimum atomic E-state index is -0.0586. The van der Waals surface area contributed by atoms with Crippen LogP contribution >= 0.6 is 0 Å². The van der Waals surface area contributed by atoms with Gasteiger partial charge in [0, 0.05) is 16.8 Å². The van der Waals surface area contributed by atoms with Crippen LogP contribution in [0.5, 0.6) is 5.75 Å². The zero-order valence-electron chi connectivity index (χ0n) is 12.0. The van der Waals surface area contributed by atoms with Gasteiger partial charge in [-0.3, -0.25) is 4.79 Å². The standard InChI is InChI=1S/C17H19NO2/c1-11(2)20-13-8-9-14(12(3)10-13)17(19)15-6-4-5-7-16(15)18/h4-11H,18H2,1-3H3. The fraction of sp³-hybridized carbons (Fsp3) is 0.235. The Bertz CT molecular complexity index is 633. The molecule has 0 aliphatic rings. The van der Waals surface area contributed by atoms with Crippen LogP contribution in [0.1, 0.15) is 35.3 Å². The number of hydrogen-bond acceptors (Lipinski definition) is 3. The molecular weight excluding hydrogens is 250 g/mol. The molecule has 0 aliphatic carbocycles. The lowest BCUT2D eigenvalue weighted by molar-refractivity contribution is 0.103. The summed E-state index contributed by atoms with van der Waals surface area (Å²) >= 11 is 0. The second-order valence-electron chi connectivity index (χ2n) is 5.06. The first kappa shape index (κ1) is 14.1. The number of ketones is 1. The van der Waals surface area contributed by atoms with Crippen molar-refractivity contribution in [2.45, 2.75) is 26.9 Å². The lowest BCUT2D eigenvalue weighted by Gasteiger charge is -2.12. The molecule has 3 heteroatoms. The summed E-state index contributed by atoms with van der Waals surface area (Å²) in [6, 6.07) is 12.6. The SMILES string of the molecule is Cc1cc(OC(C)C)ccc1C(=O)c1ccccc1N. The van der Waals surface area contributed by atoms with Gasteiger partial charge in [0.25, 0.3) is 0 Å². The van der Waals surface area contributed by atoms with E-state index in [-0.39, 0.29) is 11.9 Å². The molecule has 0 unspecified atom stereocenters. The summed E-state index contributed by atoms with van der Waals surface area (Å²) in [5, 5.41) is 0. The first-order valence-electron chi connectivity index (χ1n) is 6.65. The molecule has 0 heterocycles. The van der Waals surface area contributed by atoms with Gasteiger partial charge in [-0.15, -0.1) is 0 Å². The van der Waals surface area contributed by atoms with E-state index in [1.807, 2.05) is 45.0 Å². The topological polar surface area (TPSA) is 52.3 Å². The zero-order chi connectivity index (χ0) is 14.7. The number of carbonyl (C=O) groups is 1. The fourth-order valence-electron chi connectivity index (χ4n) is 2.09. The lowest BCUT2D eigenvalue weighted by Crippen LogP contribution is -2.09. The number of anilines is 1. The molecule has 0 fully saturated rings. The Kier molecular flexibility index (Phi) is 4.08. The number of carbonyl (C=O) groups excluding carboxylic acids is 1. The number of ether oxygens (including phenoxy) is 1. The minimum Gasteiger partial charge on any atom is -0.491 e. The molecule has 0 aliphatic heterocycles. The predicted octanol–water partition coefficient (Wildman–Crippen LogP) is 3.60. The Morgan fingerprint density at radius 2 is 1.80 bits per heavy atom. The average molecular weight is 269 g/mol. The monoisotopic (exact) mass is 269 g/mol. The summed E-state index contributed by atoms with van der Waals surface area (Å²) in [5.41, 5.74) is 8.43. The highest BCUT2D eigenvalue weighted by Gasteiger charge is 2.14. The van der Waals surface area contributed by atoms with Gasteiger partial charge in [0.05, 0.1) is 6.10 Å². The van der Waals surface area contributed by atoms with E-state index in [9.17, 15) is 4.79 Å². The summed E-state index contributed by atoms with van der Waals surface area (Å²) in [6.07, 6.45) is 0.112. The van der Waals surface area contributed by atoms with Gasteiger partial charge < -0.3 is 10.5 Å². The largest absolute Gasteiger partial charge is 0.491 e. The highest BCUT2D eigenvalue weighted by molar-refractivity contribution is 6.12. The zero-order valence-corrected chi connectivity index (χ0v) is 12.0. The summed E-state index contributed by atoms with van der Waals surface area (Å²) in [6.45, 7) is 5.84. The van der Waals surface area contributed by atoms with Crippen LogP contribution in [0.25, 0.3) is 0 Å². The van der Waals surface area contributed by atoms with Crippen molar-refractivity contribution in [1.82, 2.24) is 0 Å². The molecule has 0 saturated carbocycles. The van der Waals surface area contributed by atoms with Crippen molar-refractivity contribution in [2.24, 2.45) is 0 Å². The van der Waals surface area contributed by atoms with Crippen LogP contribution in [0.2, 0.25) is 0 Å². The van der Waals surface area contributed by atoms with Crippen LogP contribution in [0, 0.1) is 6.92 Å². The number of benzene rings is 2. The number of para-hydroxylation sites is 1. The maximum absolute atomic E-state index is 12.5. The van der Waals surface area contributed by atoms with Crippen LogP contribution in [0.3, 0.4) is 0 Å². The summed E-state index contributed by atoms with van der Waals surface area (Å²) in [7, 11) is 0. The van der Waals surface area contributed by atoms with Crippen molar-refractivity contribution in [3.8, 4) is 5.75 Å². The van der Waals surface area contributed by atoms with Gasteiger partial charge in [-0.1, -0.05) is 12.1 Å². The van der Waals surface area contributed by atoms with E-state index in [0.29, 0.717) is 16.8 Å². The van der Waals surface area contributed by atoms with Crippen LogP contribution in [0.4, 0.5) is 5.69 Å². The maximum atomic E-state index is 12.5. The second-order valence-corrected chi connectivity index (χ2v) is 5.06. The molecule has 2 N–H and O–H groups in total. The van der Waals surface area contributed by atoms with Gasteiger partial charge >= 0.3 is 0 Å². The van der Waals surface area contributed by atoms with Gasteiger partial charge in [0.2, 0.25) is 0 Å². The van der Waals surface area contributed by atoms with E-state index in [0.717, 1.165) is 11.3 Å². The quantitative estimate of drug-likeness (QED) is 0.681. The van der Waals surface area contributed by atoms with Crippen LogP contribution in [-0.4, -0.2) is 11.9 Å². The molecule has 0 aromatic heterocycles. The Morgan fingerprint density at radius 1 is 1.10 bits per heavy atom. The summed E-state index contributed by atoms with van der Waals surface area (Å²) in [5.74, 6) is 0.715. The van der Waals surface area contributed by atoms with Gasteiger partial charge in [0.15, 0.2) is 5.78 Å². The number of nitrogens with two attached hydrogens (primary N) is 1. The third-order valence-corrected chi connectivity index (χ3v) is 3.02. The first-order chi connectivity index (χ1) is 9.49. The third-order valence-electron chi connectivity index (χ3n) is 3.02. The average Bonchev–Trinajstić information content (AvgIpc) is 2.38. The Hall–Kier alpha value is -2.29. The van der Waals surface area contributed by atoms with E-state index < -0.39 is 0 Å². The molecule has 2 rings (SSSR count). The van der Waals surface area contributed by atoms with Crippen molar-refractivity contribution in [1.29, 1.82) is 0 Å². The molecule has 3 nitrogen and oxygen atoms in total. The van der Waals surface area contributed by atoms with E-state index in [1.54, 1.807) is 18.2 Å². The molecule has 20 heavy (non-hydrogen) atoms. The van der Waals surface area contributed by atoms with Crippen LogP contribution in [-0.2, 0) is 0 Å². The second kappa shape index (κ2) is 5.78. The Balaban J connectivity index is 2.34. The highest BCUT2D eigenvalue weighted by atomic mass is 16.5. The number of hydrogen-bond donors (Lipinski definition) is 1. The molecule has 104 valence electrons. The summed E-state index contributed by atoms with van der Waals surface area (Å²) in [4.78, 5) is 12.5. The lowest BCUT2D eigenvalue weighted by atomic mass is 9.98. The first-order valence-corrected chi connectivity index (χ1v) is 6.65. The molecule has 2 aromatic carbocycles. The Labute approximate surface area is 119 Å². The number of rotatable bonds is 4. The summed E-state index contributed by atoms with van der Waals surface area (Å²) < 4.78 is 5.62. The normalized spacial score (nSPS) is 10.6. The van der Waals surface area contributed by atoms with E-state index >= 15 is 0 Å². The van der Waals surface area contributed by atoms with Crippen molar-refractivity contribution >= 4 is 11.5 Å². The molecular formula is C17H19NO2. The smallest absolute Gasteiger partial charge is 0.195 e. The van der Waals surface area contributed by atoms with Crippen molar-refractivity contribution in [2.75, 3.05) is 5.73 Å². The fourth-order valence-corrected chi connectivity index (χ4v) is 2.09. The van der Waals surface area contributed by atoms with Gasteiger partial charge in [-0.05, 0) is 56.7 Å². The third kappa shape index (κ3) is 2.99. The molecule has 0 atom stereocenters. The van der Waals surface area contributed by atoms with Crippen LogP contribution in [0.15, 0.2) is 42.5 Å². The number of aryl methyl sites for hydroxylation is 1. The molecule has 2 aromatic rings. The maximum Gasteiger partial charge on any atom is 0.195 e. The van der Waals surface area contributed by atoms with Crippen molar-refractivity contribution in [3.05, 3.63) is 59.2 Å². The highest BCUT2D eigenvalue weighted by Crippen LogP contribution is 2.23. The molecule has 0 spiro atoms. The Morgan fingerprint density at radius 3 is 2.40 bits per heavy atom. The predicted molar refractivity (Wildman–Crippen MR) is 81.2 cm³/mol. The number of nitrogen functional groups attached to an aromatic ring is 1. The van der Waals surface area contributed by atoms with E-state index in [1.165, 1.54) is 0 Å². The van der Waals surface area contributed by atoms with Crippen molar-refractivity contribution in [3.63, 3.8) is 0 Å². The van der Waals surface area contributed by atoms with Gasteiger partial charge in [-0.2, -0.15) is 0 Å². The minimum absolute atomic E-state index is 0.0586. The molecule has 0 radical (unpaired) electrons.